The molecule has 3 saturated carbocycles. The summed E-state index contributed by atoms with van der Waals surface area (Å²) in [5.74, 6) is 3.60. The predicted molar refractivity (Wildman–Crippen MR) is 194 cm³/mol. The highest BCUT2D eigenvalue weighted by atomic mass is 32.2. The topological polar surface area (TPSA) is 86.7 Å². The molecule has 0 spiro atoms. The molecule has 6 nitrogen and oxygen atoms in total. The summed E-state index contributed by atoms with van der Waals surface area (Å²) in [6.07, 6.45) is 11.3. The van der Waals surface area contributed by atoms with Gasteiger partial charge in [-0.3, -0.25) is 9.00 Å². The van der Waals surface area contributed by atoms with E-state index in [9.17, 15) is 18.9 Å². The second-order valence-electron chi connectivity index (χ2n) is 17.7. The predicted octanol–water partition coefficient (Wildman–Crippen LogP) is 7.38. The van der Waals surface area contributed by atoms with Crippen LogP contribution in [0.4, 0.5) is 0 Å². The third-order valence-electron chi connectivity index (χ3n) is 14.8. The average Bonchev–Trinajstić information content (AvgIpc) is 3.34. The van der Waals surface area contributed by atoms with Gasteiger partial charge in [0.25, 0.3) is 0 Å². The van der Waals surface area contributed by atoms with E-state index in [1.54, 1.807) is 12.1 Å². The van der Waals surface area contributed by atoms with Crippen LogP contribution < -0.4 is 5.32 Å². The number of hydrogen-bond donors (Lipinski definition) is 2. The van der Waals surface area contributed by atoms with Gasteiger partial charge in [-0.1, -0.05) is 59.8 Å². The Hall–Kier alpha value is -2.09. The van der Waals surface area contributed by atoms with Crippen molar-refractivity contribution in [1.82, 2.24) is 10.2 Å². The molecule has 1 aromatic carbocycles. The zero-order chi connectivity index (χ0) is 34.2. The summed E-state index contributed by atoms with van der Waals surface area (Å²) in [4.78, 5) is 27.8. The number of aromatic carboxylic acids is 1. The summed E-state index contributed by atoms with van der Waals surface area (Å²) in [6, 6.07) is 7.53. The number of nitrogens with one attached hydrogen (secondary N) is 1. The summed E-state index contributed by atoms with van der Waals surface area (Å²) < 4.78 is 11.9. The quantitative estimate of drug-likeness (QED) is 0.314. The molecule has 7 atom stereocenters. The van der Waals surface area contributed by atoms with Crippen molar-refractivity contribution in [2.75, 3.05) is 37.7 Å². The van der Waals surface area contributed by atoms with Crippen LogP contribution in [0.15, 0.2) is 41.5 Å². The van der Waals surface area contributed by atoms with Crippen molar-refractivity contribution in [3.63, 3.8) is 0 Å². The second kappa shape index (κ2) is 12.3. The minimum Gasteiger partial charge on any atom is -0.478 e. The van der Waals surface area contributed by atoms with Crippen molar-refractivity contribution in [3.8, 4) is 0 Å². The van der Waals surface area contributed by atoms with Crippen molar-refractivity contribution in [3.05, 3.63) is 52.6 Å². The third kappa shape index (κ3) is 5.35. The molecular formula is C41H58N2O4S. The zero-order valence-corrected chi connectivity index (χ0v) is 31.0. The average molecular weight is 675 g/mol. The lowest BCUT2D eigenvalue weighted by Crippen LogP contribution is -2.62. The number of carboxylic acid groups (broad SMARTS) is 1. The lowest BCUT2D eigenvalue weighted by Gasteiger charge is -2.68. The molecule has 0 bridgehead atoms. The summed E-state index contributed by atoms with van der Waals surface area (Å²) in [6.45, 7) is 18.2. The Balaban J connectivity index is 1.16. The SMILES string of the molecule is CC(C)C1=C2C3CCC4C(C)(CCC5C(C)(C)C(c6ccc(C(=O)O)cc6)=CCC54C)C3CCC2(NCCN2CCS(=O)CC2)CC1=O. The fourth-order valence-corrected chi connectivity index (χ4v) is 13.9. The molecule has 0 aromatic heterocycles. The normalized spacial score (nSPS) is 38.2. The van der Waals surface area contributed by atoms with Crippen LogP contribution in [-0.4, -0.2) is 69.2 Å². The number of fused-ring (bicyclic) bond motifs is 7. The largest absolute Gasteiger partial charge is 0.478 e. The van der Waals surface area contributed by atoms with Gasteiger partial charge in [0.1, 0.15) is 0 Å². The molecule has 6 aliphatic rings. The van der Waals surface area contributed by atoms with Gasteiger partial charge in [0.15, 0.2) is 5.78 Å². The van der Waals surface area contributed by atoms with Crippen LogP contribution in [0, 0.1) is 45.8 Å². The summed E-state index contributed by atoms with van der Waals surface area (Å²) in [5.41, 5.74) is 5.78. The fourth-order valence-electron chi connectivity index (χ4n) is 12.8. The maximum atomic E-state index is 13.9. The molecule has 2 N–H and O–H groups in total. The second-order valence-corrected chi connectivity index (χ2v) is 19.4. The van der Waals surface area contributed by atoms with Gasteiger partial charge < -0.3 is 15.3 Å². The van der Waals surface area contributed by atoms with E-state index in [2.05, 4.69) is 57.8 Å². The van der Waals surface area contributed by atoms with Crippen molar-refractivity contribution < 1.29 is 18.9 Å². The van der Waals surface area contributed by atoms with E-state index < -0.39 is 16.8 Å². The van der Waals surface area contributed by atoms with Gasteiger partial charge in [0.2, 0.25) is 0 Å². The number of carbonyl (C=O) groups excluding carboxylic acids is 1. The van der Waals surface area contributed by atoms with E-state index in [0.29, 0.717) is 41.4 Å². The molecule has 48 heavy (non-hydrogen) atoms. The summed E-state index contributed by atoms with van der Waals surface area (Å²) in [7, 11) is -0.662. The highest BCUT2D eigenvalue weighted by Gasteiger charge is 2.65. The zero-order valence-electron chi connectivity index (χ0n) is 30.2. The number of ketones is 1. The first-order valence-corrected chi connectivity index (χ1v) is 20.3. The van der Waals surface area contributed by atoms with E-state index in [1.807, 2.05) is 12.1 Å². The Bertz CT molecular complexity index is 1550. The molecule has 1 aromatic rings. The first-order valence-electron chi connectivity index (χ1n) is 18.9. The molecule has 1 aliphatic heterocycles. The van der Waals surface area contributed by atoms with E-state index in [1.165, 1.54) is 43.3 Å². The number of carboxylic acids is 1. The number of Topliss-reactive ketones (excluding diaryl/α,β-unsaturated/α-hetero) is 1. The highest BCUT2D eigenvalue weighted by Crippen LogP contribution is 2.72. The van der Waals surface area contributed by atoms with Gasteiger partial charge in [0, 0.05) is 60.4 Å². The van der Waals surface area contributed by atoms with Crippen LogP contribution in [0.1, 0.15) is 109 Å². The monoisotopic (exact) mass is 674 g/mol. The fraction of sp³-hybridized carbons (Fsp3) is 0.707. The minimum atomic E-state index is -0.876. The lowest BCUT2D eigenvalue weighted by molar-refractivity contribution is -0.154. The molecular weight excluding hydrogens is 617 g/mol. The maximum Gasteiger partial charge on any atom is 0.335 e. The molecule has 0 radical (unpaired) electrons. The van der Waals surface area contributed by atoms with Crippen LogP contribution in [0.5, 0.6) is 0 Å². The Morgan fingerprint density at radius 1 is 0.979 bits per heavy atom. The van der Waals surface area contributed by atoms with Crippen LogP contribution in [0.2, 0.25) is 0 Å². The first-order chi connectivity index (χ1) is 22.7. The molecule has 5 aliphatic carbocycles. The number of rotatable bonds is 7. The van der Waals surface area contributed by atoms with E-state index in [-0.39, 0.29) is 27.7 Å². The summed E-state index contributed by atoms with van der Waals surface area (Å²) in [5, 5.41) is 13.5. The maximum absolute atomic E-state index is 13.9. The number of allylic oxidation sites excluding steroid dienone is 3. The van der Waals surface area contributed by atoms with Gasteiger partial charge in [-0.05, 0) is 125 Å². The summed E-state index contributed by atoms with van der Waals surface area (Å²) >= 11 is 0. The molecule has 0 amide bonds. The van der Waals surface area contributed by atoms with Gasteiger partial charge in [-0.2, -0.15) is 0 Å². The number of hydrogen-bond acceptors (Lipinski definition) is 5. The molecule has 7 heteroatoms. The van der Waals surface area contributed by atoms with E-state index in [0.717, 1.165) is 61.7 Å². The molecule has 262 valence electrons. The van der Waals surface area contributed by atoms with E-state index in [4.69, 9.17) is 0 Å². The first kappa shape index (κ1) is 34.4. The number of nitrogens with zero attached hydrogens (tertiary/aromatic N) is 1. The minimum absolute atomic E-state index is 0.00381. The van der Waals surface area contributed by atoms with Crippen LogP contribution >= 0.6 is 0 Å². The van der Waals surface area contributed by atoms with Crippen LogP contribution in [0.25, 0.3) is 5.57 Å². The molecule has 1 heterocycles. The molecule has 7 rings (SSSR count). The van der Waals surface area contributed by atoms with Gasteiger partial charge >= 0.3 is 5.97 Å². The molecule has 1 saturated heterocycles. The van der Waals surface area contributed by atoms with Gasteiger partial charge in [0.05, 0.1) is 5.56 Å². The van der Waals surface area contributed by atoms with Crippen molar-refractivity contribution >= 4 is 28.1 Å². The number of benzene rings is 1. The molecule has 4 fully saturated rings. The van der Waals surface area contributed by atoms with Gasteiger partial charge in [-0.15, -0.1) is 0 Å². The van der Waals surface area contributed by atoms with Crippen LogP contribution in [0.3, 0.4) is 0 Å². The lowest BCUT2D eigenvalue weighted by atomic mass is 9.37. The molecule has 7 unspecified atom stereocenters. The Morgan fingerprint density at radius 2 is 1.69 bits per heavy atom. The van der Waals surface area contributed by atoms with Gasteiger partial charge in [-0.25, -0.2) is 4.79 Å². The standard InChI is InChI=1S/C41H58N2O4S/c1-26(2)35-32(44)25-41(42-19-20-43-21-23-48(47)24-22-43)18-14-31-29(36(35)41)11-12-34-39(31,5)17-15-33-38(3,4)30(13-16-40(33,34)6)27-7-9-28(10-8-27)37(45)46/h7-10,13,26,29,31,33-34,42H,11-12,14-25H2,1-6H3,(H,45,46). The highest BCUT2D eigenvalue weighted by molar-refractivity contribution is 7.85. The Labute approximate surface area is 291 Å². The van der Waals surface area contributed by atoms with Crippen molar-refractivity contribution in [1.29, 1.82) is 0 Å². The Morgan fingerprint density at radius 3 is 2.35 bits per heavy atom. The third-order valence-corrected chi connectivity index (χ3v) is 16.0. The Kier molecular flexibility index (Phi) is 8.80. The van der Waals surface area contributed by atoms with Crippen molar-refractivity contribution in [2.24, 2.45) is 45.8 Å². The number of carbonyl (C=O) groups is 2. The van der Waals surface area contributed by atoms with E-state index >= 15 is 0 Å². The van der Waals surface area contributed by atoms with Crippen molar-refractivity contribution in [2.45, 2.75) is 98.4 Å². The smallest absolute Gasteiger partial charge is 0.335 e. The van der Waals surface area contributed by atoms with Crippen LogP contribution in [-0.2, 0) is 15.6 Å².